The summed E-state index contributed by atoms with van der Waals surface area (Å²) in [4.78, 5) is 9.98. The Morgan fingerprint density at radius 3 is 2.29 bits per heavy atom. The zero-order valence-electron chi connectivity index (χ0n) is 3.06. The van der Waals surface area contributed by atoms with E-state index >= 15 is 0 Å². The highest BCUT2D eigenvalue weighted by Gasteiger charge is 2.00. The van der Waals surface area contributed by atoms with E-state index in [1.807, 2.05) is 4.34 Å². The van der Waals surface area contributed by atoms with Gasteiger partial charge in [0.05, 0.1) is 32.3 Å². The van der Waals surface area contributed by atoms with Gasteiger partial charge in [-0.25, -0.2) is 4.79 Å². The van der Waals surface area contributed by atoms with Crippen molar-refractivity contribution in [2.75, 3.05) is 0 Å². The molecule has 0 saturated carbocycles. The average molecular weight is 234 g/mol. The summed E-state index contributed by atoms with van der Waals surface area (Å²) in [5.74, 6) is 0. The molecule has 6 heteroatoms. The minimum absolute atomic E-state index is 0.238. The summed E-state index contributed by atoms with van der Waals surface area (Å²) in [6.07, 6.45) is 0. The first kappa shape index (κ1) is 7.19. The second-order valence-corrected chi connectivity index (χ2v) is 1.73. The van der Waals surface area contributed by atoms with Crippen molar-refractivity contribution in [3.8, 4) is 0 Å². The second-order valence-electron chi connectivity index (χ2n) is 0.660. The minimum Gasteiger partial charge on any atom is -0.274 e. The molecular weight excluding hydrogens is 232 g/mol. The number of carbonyl (C=O) groups excluding carboxylic acids is 1. The van der Waals surface area contributed by atoms with E-state index < -0.39 is 6.03 Å². The maximum absolute atomic E-state index is 9.98. The lowest BCUT2D eigenvalue weighted by molar-refractivity contribution is 0.0647. The highest BCUT2D eigenvalue weighted by atomic mass is 79.9. The Bertz CT molecular complexity index is 74.1. The highest BCUT2D eigenvalue weighted by molar-refractivity contribution is 9.08. The Morgan fingerprint density at radius 2 is 2.29 bits per heavy atom. The Balaban J connectivity index is 3.35. The van der Waals surface area contributed by atoms with Crippen LogP contribution in [0.4, 0.5) is 4.79 Å². The van der Waals surface area contributed by atoms with Crippen molar-refractivity contribution in [3.63, 3.8) is 0 Å². The van der Waals surface area contributed by atoms with E-state index in [0.29, 0.717) is 0 Å². The van der Waals surface area contributed by atoms with E-state index in [9.17, 15) is 4.79 Å². The van der Waals surface area contributed by atoms with Gasteiger partial charge in [-0.05, 0) is 0 Å². The first-order chi connectivity index (χ1) is 3.18. The standard InChI is InChI=1S/CH2Br2N2O2/c2-4-1(6)5(3)7/h7H,(H,4,6). The molecule has 0 aromatic heterocycles. The van der Waals surface area contributed by atoms with Crippen LogP contribution >= 0.6 is 32.3 Å². The maximum atomic E-state index is 9.98. The molecule has 0 atom stereocenters. The lowest BCUT2D eigenvalue weighted by Gasteiger charge is -1.99. The van der Waals surface area contributed by atoms with Gasteiger partial charge in [-0.15, -0.1) is 4.09 Å². The van der Waals surface area contributed by atoms with Crippen LogP contribution in [0.25, 0.3) is 0 Å². The number of hydroxylamine groups is 1. The molecule has 2 N–H and O–H groups in total. The summed E-state index contributed by atoms with van der Waals surface area (Å²) in [7, 11) is 0. The van der Waals surface area contributed by atoms with Gasteiger partial charge in [0.15, 0.2) is 0 Å². The predicted octanol–water partition coefficient (Wildman–Crippen LogP) is 1.01. The number of halogens is 2. The zero-order chi connectivity index (χ0) is 5.86. The van der Waals surface area contributed by atoms with Crippen LogP contribution in [-0.4, -0.2) is 15.3 Å². The molecule has 0 unspecified atom stereocenters. The molecule has 0 aliphatic heterocycles. The smallest absolute Gasteiger partial charge is 0.274 e. The molecule has 0 saturated heterocycles. The molecule has 0 bridgehead atoms. The molecule has 0 aromatic rings. The molecular formula is CH2Br2N2O2. The molecule has 4 nitrogen and oxygen atoms in total. The minimum atomic E-state index is -0.681. The normalized spacial score (nSPS) is 7.86. The van der Waals surface area contributed by atoms with E-state index in [0.717, 1.165) is 0 Å². The molecule has 0 heterocycles. The number of hydrogen-bond acceptors (Lipinski definition) is 2. The topological polar surface area (TPSA) is 52.6 Å². The van der Waals surface area contributed by atoms with Crippen molar-refractivity contribution < 1.29 is 10.0 Å². The fraction of sp³-hybridized carbons (Fsp3) is 0. The van der Waals surface area contributed by atoms with Crippen molar-refractivity contribution in [2.24, 2.45) is 0 Å². The van der Waals surface area contributed by atoms with E-state index in [1.54, 1.807) is 0 Å². The second kappa shape index (κ2) is 3.23. The van der Waals surface area contributed by atoms with E-state index in [4.69, 9.17) is 5.21 Å². The van der Waals surface area contributed by atoms with Gasteiger partial charge in [0.25, 0.3) is 0 Å². The van der Waals surface area contributed by atoms with Gasteiger partial charge < -0.3 is 0 Å². The van der Waals surface area contributed by atoms with Crippen molar-refractivity contribution in [1.82, 2.24) is 8.43 Å². The van der Waals surface area contributed by atoms with Crippen molar-refractivity contribution >= 4 is 38.3 Å². The number of urea groups is 1. The van der Waals surface area contributed by atoms with Gasteiger partial charge in [-0.1, -0.05) is 0 Å². The van der Waals surface area contributed by atoms with Gasteiger partial charge in [-0.2, -0.15) is 0 Å². The van der Waals surface area contributed by atoms with Crippen molar-refractivity contribution in [1.29, 1.82) is 0 Å². The average Bonchev–Trinajstić information content (AvgIpc) is 1.65. The number of amides is 2. The van der Waals surface area contributed by atoms with Crippen LogP contribution in [0.15, 0.2) is 0 Å². The first-order valence-electron chi connectivity index (χ1n) is 1.24. The lowest BCUT2D eigenvalue weighted by Crippen LogP contribution is -2.23. The third-order valence-corrected chi connectivity index (χ3v) is 0.910. The predicted molar refractivity (Wildman–Crippen MR) is 30.0 cm³/mol. The summed E-state index contributed by atoms with van der Waals surface area (Å²) >= 11 is 5.03. The molecule has 0 aliphatic rings. The monoisotopic (exact) mass is 232 g/mol. The number of nitrogens with one attached hydrogen (secondary N) is 1. The Morgan fingerprint density at radius 1 is 1.86 bits per heavy atom. The van der Waals surface area contributed by atoms with E-state index in [-0.39, 0.29) is 4.09 Å². The first-order valence-corrected chi connectivity index (χ1v) is 2.74. The quantitative estimate of drug-likeness (QED) is 0.373. The largest absolute Gasteiger partial charge is 0.361 e. The Kier molecular flexibility index (Phi) is 3.31. The van der Waals surface area contributed by atoms with Gasteiger partial charge in [0.1, 0.15) is 0 Å². The van der Waals surface area contributed by atoms with E-state index in [2.05, 4.69) is 32.3 Å². The summed E-state index contributed by atoms with van der Waals surface area (Å²) < 4.78 is 2.20. The van der Waals surface area contributed by atoms with Crippen molar-refractivity contribution in [2.45, 2.75) is 0 Å². The highest BCUT2D eigenvalue weighted by Crippen LogP contribution is 1.90. The molecule has 0 spiro atoms. The Labute approximate surface area is 57.1 Å². The molecule has 0 aromatic carbocycles. The number of rotatable bonds is 0. The molecule has 2 amide bonds. The summed E-state index contributed by atoms with van der Waals surface area (Å²) in [6.45, 7) is 0. The van der Waals surface area contributed by atoms with Crippen LogP contribution in [0.5, 0.6) is 0 Å². The third kappa shape index (κ3) is 2.84. The van der Waals surface area contributed by atoms with Crippen LogP contribution < -0.4 is 4.34 Å². The van der Waals surface area contributed by atoms with Crippen LogP contribution in [-0.2, 0) is 0 Å². The van der Waals surface area contributed by atoms with Crippen LogP contribution in [0, 0.1) is 0 Å². The fourth-order valence-corrected chi connectivity index (χ4v) is 0.529. The lowest BCUT2D eigenvalue weighted by atomic mass is 11.2. The van der Waals surface area contributed by atoms with Gasteiger partial charge in [0.2, 0.25) is 0 Å². The summed E-state index contributed by atoms with van der Waals surface area (Å²) in [5, 5.41) is 8.13. The van der Waals surface area contributed by atoms with Gasteiger partial charge in [0, 0.05) is 0 Å². The molecule has 7 heavy (non-hydrogen) atoms. The van der Waals surface area contributed by atoms with Crippen LogP contribution in [0.2, 0.25) is 0 Å². The summed E-state index contributed by atoms with van der Waals surface area (Å²) in [5.41, 5.74) is 0. The third-order valence-electron chi connectivity index (χ3n) is 0.248. The molecule has 0 aliphatic carbocycles. The molecule has 42 valence electrons. The number of nitrogens with zero attached hydrogens (tertiary/aromatic N) is 1. The van der Waals surface area contributed by atoms with Crippen LogP contribution in [0.1, 0.15) is 0 Å². The zero-order valence-corrected chi connectivity index (χ0v) is 6.23. The SMILES string of the molecule is O=C(NBr)N(O)Br. The number of carbonyl (C=O) groups is 1. The van der Waals surface area contributed by atoms with Gasteiger partial charge in [-0.3, -0.25) is 9.55 Å². The van der Waals surface area contributed by atoms with Gasteiger partial charge >= 0.3 is 6.03 Å². The number of hydrogen-bond donors (Lipinski definition) is 2. The fourth-order valence-electron chi connectivity index (χ4n) is 0.0349. The molecule has 0 fully saturated rings. The van der Waals surface area contributed by atoms with Crippen molar-refractivity contribution in [3.05, 3.63) is 0 Å². The molecule has 0 radical (unpaired) electrons. The summed E-state index contributed by atoms with van der Waals surface area (Å²) in [6, 6.07) is -0.681. The van der Waals surface area contributed by atoms with E-state index in [1.165, 1.54) is 0 Å². The molecule has 0 rings (SSSR count). The Hall–Kier alpha value is 0.190. The van der Waals surface area contributed by atoms with Crippen LogP contribution in [0.3, 0.4) is 0 Å². The maximum Gasteiger partial charge on any atom is 0.361 e.